The molecule has 2 amide bonds. The lowest BCUT2D eigenvalue weighted by molar-refractivity contribution is 0.187. The number of amides is 2. The molecule has 0 aromatic heterocycles. The minimum atomic E-state index is -3.59. The van der Waals surface area contributed by atoms with Crippen LogP contribution < -0.4 is 9.50 Å². The van der Waals surface area contributed by atoms with Crippen LogP contribution in [0.1, 0.15) is 25.8 Å². The predicted molar refractivity (Wildman–Crippen MR) is 103 cm³/mol. The molecule has 0 aliphatic heterocycles. The fourth-order valence-electron chi connectivity index (χ4n) is 2.42. The van der Waals surface area contributed by atoms with Crippen molar-refractivity contribution in [2.24, 2.45) is 0 Å². The van der Waals surface area contributed by atoms with Crippen LogP contribution >= 0.6 is 0 Å². The van der Waals surface area contributed by atoms with Gasteiger partial charge in [-0.3, -0.25) is 0 Å². The number of nitrogens with one attached hydrogen (secondary N) is 1. The first-order chi connectivity index (χ1) is 12.7. The molecule has 0 aliphatic rings. The van der Waals surface area contributed by atoms with Gasteiger partial charge in [-0.25, -0.2) is 9.18 Å². The SMILES string of the molecule is CC[C@@H](C)N(Cc1ccc(OS(C)(=O)=O)cc1)C(=O)Nc1ccccc1F. The van der Waals surface area contributed by atoms with Crippen molar-refractivity contribution in [3.05, 3.63) is 59.9 Å². The zero-order valence-corrected chi connectivity index (χ0v) is 16.3. The molecule has 0 radical (unpaired) electrons. The van der Waals surface area contributed by atoms with Gasteiger partial charge in [0.2, 0.25) is 0 Å². The fourth-order valence-corrected chi connectivity index (χ4v) is 2.88. The first-order valence-electron chi connectivity index (χ1n) is 8.50. The second-order valence-corrected chi connectivity index (χ2v) is 7.80. The van der Waals surface area contributed by atoms with Crippen molar-refractivity contribution in [1.82, 2.24) is 4.90 Å². The van der Waals surface area contributed by atoms with E-state index < -0.39 is 22.0 Å². The van der Waals surface area contributed by atoms with Crippen molar-refractivity contribution < 1.29 is 21.8 Å². The van der Waals surface area contributed by atoms with Crippen LogP contribution in [0.5, 0.6) is 5.75 Å². The molecule has 1 N–H and O–H groups in total. The van der Waals surface area contributed by atoms with Gasteiger partial charge in [-0.05, 0) is 43.2 Å². The smallest absolute Gasteiger partial charge is 0.322 e. The molecule has 0 bridgehead atoms. The lowest BCUT2D eigenvalue weighted by atomic mass is 10.1. The van der Waals surface area contributed by atoms with E-state index in [1.54, 1.807) is 29.2 Å². The average molecular weight is 394 g/mol. The number of hydrogen-bond donors (Lipinski definition) is 1. The number of hydrogen-bond acceptors (Lipinski definition) is 4. The Hall–Kier alpha value is -2.61. The number of nitrogens with zero attached hydrogens (tertiary/aromatic N) is 1. The van der Waals surface area contributed by atoms with Crippen molar-refractivity contribution >= 4 is 21.8 Å². The Bertz CT molecular complexity index is 885. The van der Waals surface area contributed by atoms with Crippen molar-refractivity contribution in [2.45, 2.75) is 32.9 Å². The summed E-state index contributed by atoms with van der Waals surface area (Å²) >= 11 is 0. The number of halogens is 1. The third-order valence-electron chi connectivity index (χ3n) is 4.02. The zero-order chi connectivity index (χ0) is 20.0. The lowest BCUT2D eigenvalue weighted by Gasteiger charge is -2.29. The summed E-state index contributed by atoms with van der Waals surface area (Å²) in [7, 11) is -3.59. The van der Waals surface area contributed by atoms with Gasteiger partial charge < -0.3 is 14.4 Å². The van der Waals surface area contributed by atoms with Gasteiger partial charge in [-0.1, -0.05) is 31.2 Å². The van der Waals surface area contributed by atoms with E-state index >= 15 is 0 Å². The highest BCUT2D eigenvalue weighted by atomic mass is 32.2. The van der Waals surface area contributed by atoms with Gasteiger partial charge in [0.05, 0.1) is 11.9 Å². The zero-order valence-electron chi connectivity index (χ0n) is 15.5. The third-order valence-corrected chi connectivity index (χ3v) is 4.52. The maximum absolute atomic E-state index is 13.8. The summed E-state index contributed by atoms with van der Waals surface area (Å²) in [6.45, 7) is 4.15. The highest BCUT2D eigenvalue weighted by Gasteiger charge is 2.20. The summed E-state index contributed by atoms with van der Waals surface area (Å²) in [6, 6.07) is 11.9. The van der Waals surface area contributed by atoms with Crippen molar-refractivity contribution in [2.75, 3.05) is 11.6 Å². The summed E-state index contributed by atoms with van der Waals surface area (Å²) in [5.41, 5.74) is 0.910. The largest absolute Gasteiger partial charge is 0.383 e. The van der Waals surface area contributed by atoms with E-state index in [1.807, 2.05) is 13.8 Å². The molecule has 6 nitrogen and oxygen atoms in total. The van der Waals surface area contributed by atoms with Crippen LogP contribution in [0.2, 0.25) is 0 Å². The molecule has 1 atom stereocenters. The molecule has 146 valence electrons. The van der Waals surface area contributed by atoms with Gasteiger partial charge >= 0.3 is 16.1 Å². The highest BCUT2D eigenvalue weighted by Crippen LogP contribution is 2.19. The molecule has 0 aliphatic carbocycles. The number of para-hydroxylation sites is 1. The molecular formula is C19H23FN2O4S. The molecule has 2 aromatic rings. The number of urea groups is 1. The van der Waals surface area contributed by atoms with Gasteiger partial charge in [0.15, 0.2) is 0 Å². The van der Waals surface area contributed by atoms with Crippen molar-refractivity contribution in [3.8, 4) is 5.75 Å². The van der Waals surface area contributed by atoms with E-state index in [4.69, 9.17) is 4.18 Å². The molecule has 0 saturated carbocycles. The molecular weight excluding hydrogens is 371 g/mol. The van der Waals surface area contributed by atoms with Crippen LogP contribution in [0, 0.1) is 5.82 Å². The Labute approximate surface area is 159 Å². The monoisotopic (exact) mass is 394 g/mol. The number of rotatable bonds is 7. The van der Waals surface area contributed by atoms with Crippen LogP contribution in [-0.4, -0.2) is 31.6 Å². The molecule has 2 aromatic carbocycles. The lowest BCUT2D eigenvalue weighted by Crippen LogP contribution is -2.40. The van der Waals surface area contributed by atoms with Gasteiger partial charge in [-0.15, -0.1) is 0 Å². The van der Waals surface area contributed by atoms with E-state index in [2.05, 4.69) is 5.32 Å². The molecule has 0 heterocycles. The topological polar surface area (TPSA) is 75.7 Å². The standard InChI is InChI=1S/C19H23FN2O4S/c1-4-14(2)22(19(23)21-18-8-6-5-7-17(18)20)13-15-9-11-16(12-10-15)26-27(3,24)25/h5-12,14H,4,13H2,1-3H3,(H,21,23)/t14-/m1/s1. The second kappa shape index (κ2) is 8.85. The van der Waals surface area contributed by atoms with Gasteiger partial charge in [0.25, 0.3) is 0 Å². The Morgan fingerprint density at radius 1 is 1.19 bits per heavy atom. The van der Waals surface area contributed by atoms with Crippen molar-refractivity contribution in [1.29, 1.82) is 0 Å². The molecule has 8 heteroatoms. The normalized spacial score (nSPS) is 12.3. The molecule has 27 heavy (non-hydrogen) atoms. The molecule has 0 spiro atoms. The summed E-state index contributed by atoms with van der Waals surface area (Å²) < 4.78 is 41.0. The van der Waals surface area contributed by atoms with Gasteiger partial charge in [-0.2, -0.15) is 8.42 Å². The van der Waals surface area contributed by atoms with Crippen LogP contribution in [0.25, 0.3) is 0 Å². The summed E-state index contributed by atoms with van der Waals surface area (Å²) in [5.74, 6) is -0.302. The van der Waals surface area contributed by atoms with Crippen LogP contribution in [0.15, 0.2) is 48.5 Å². The Balaban J connectivity index is 2.14. The highest BCUT2D eigenvalue weighted by molar-refractivity contribution is 7.86. The Kier molecular flexibility index (Phi) is 6.79. The predicted octanol–water partition coefficient (Wildman–Crippen LogP) is 4.00. The first-order valence-corrected chi connectivity index (χ1v) is 10.3. The molecule has 0 fully saturated rings. The van der Waals surface area contributed by atoms with E-state index in [0.717, 1.165) is 18.2 Å². The number of carbonyl (C=O) groups excluding carboxylic acids is 1. The van der Waals surface area contributed by atoms with E-state index in [1.165, 1.54) is 24.3 Å². The van der Waals surface area contributed by atoms with Crippen molar-refractivity contribution in [3.63, 3.8) is 0 Å². The summed E-state index contributed by atoms with van der Waals surface area (Å²) in [5, 5.41) is 2.60. The minimum Gasteiger partial charge on any atom is -0.383 e. The quantitative estimate of drug-likeness (QED) is 0.721. The van der Waals surface area contributed by atoms with Crippen LogP contribution in [-0.2, 0) is 16.7 Å². The average Bonchev–Trinajstić information content (AvgIpc) is 2.61. The fraction of sp³-hybridized carbons (Fsp3) is 0.316. The van der Waals surface area contributed by atoms with Gasteiger partial charge in [0, 0.05) is 12.6 Å². The third kappa shape index (κ3) is 6.25. The molecule has 0 unspecified atom stereocenters. The van der Waals surface area contributed by atoms with E-state index in [0.29, 0.717) is 0 Å². The van der Waals surface area contributed by atoms with Crippen LogP contribution in [0.4, 0.5) is 14.9 Å². The first kappa shape index (κ1) is 20.7. The second-order valence-electron chi connectivity index (χ2n) is 6.23. The van der Waals surface area contributed by atoms with Crippen LogP contribution in [0.3, 0.4) is 0 Å². The summed E-state index contributed by atoms with van der Waals surface area (Å²) in [4.78, 5) is 14.3. The molecule has 0 saturated heterocycles. The number of anilines is 1. The number of carbonyl (C=O) groups is 1. The summed E-state index contributed by atoms with van der Waals surface area (Å²) in [6.07, 6.45) is 1.69. The minimum absolute atomic E-state index is 0.0799. The maximum atomic E-state index is 13.8. The Morgan fingerprint density at radius 2 is 1.81 bits per heavy atom. The number of benzene rings is 2. The van der Waals surface area contributed by atoms with E-state index in [9.17, 15) is 17.6 Å². The van der Waals surface area contributed by atoms with Gasteiger partial charge in [0.1, 0.15) is 11.6 Å². The van der Waals surface area contributed by atoms with E-state index in [-0.39, 0.29) is 24.0 Å². The molecule has 2 rings (SSSR count). The Morgan fingerprint density at radius 3 is 2.37 bits per heavy atom. The maximum Gasteiger partial charge on any atom is 0.322 e.